The van der Waals surface area contributed by atoms with Crippen molar-refractivity contribution in [2.75, 3.05) is 16.0 Å². The highest BCUT2D eigenvalue weighted by molar-refractivity contribution is 6.53. The highest BCUT2D eigenvalue weighted by Gasteiger charge is 2.68. The number of benzene rings is 3. The van der Waals surface area contributed by atoms with Crippen LogP contribution in [0.4, 0.5) is 69.7 Å². The molecule has 3 aromatic rings. The number of rotatable bonds is 8. The van der Waals surface area contributed by atoms with Crippen LogP contribution in [0.5, 0.6) is 0 Å². The Bertz CT molecular complexity index is 1840. The van der Waals surface area contributed by atoms with Gasteiger partial charge in [-0.05, 0) is 48.0 Å². The van der Waals surface area contributed by atoms with Gasteiger partial charge in [-0.3, -0.25) is 14.4 Å². The van der Waals surface area contributed by atoms with E-state index in [1.807, 2.05) is 5.32 Å². The summed E-state index contributed by atoms with van der Waals surface area (Å²) in [5.41, 5.74) is -5.44. The fourth-order valence-corrected chi connectivity index (χ4v) is 5.52. The normalized spacial score (nSPS) is 18.0. The van der Waals surface area contributed by atoms with E-state index in [1.54, 1.807) is 0 Å². The second kappa shape index (κ2) is 13.1. The highest BCUT2D eigenvalue weighted by atomic mass is 35.5. The smallest absolute Gasteiger partial charge is 0.326 e. The molecule has 3 amide bonds. The summed E-state index contributed by atoms with van der Waals surface area (Å²) < 4.78 is 158. The minimum Gasteiger partial charge on any atom is -0.326 e. The van der Waals surface area contributed by atoms with Gasteiger partial charge in [-0.2, -0.15) is 35.1 Å². The number of hydrogen-bond donors (Lipinski definition) is 3. The second-order valence-electron chi connectivity index (χ2n) is 10.3. The second-order valence-corrected chi connectivity index (χ2v) is 12.1. The van der Waals surface area contributed by atoms with Crippen molar-refractivity contribution in [3.05, 3.63) is 87.7 Å². The third kappa shape index (κ3) is 7.65. The average Bonchev–Trinajstić information content (AvgIpc) is 3.57. The molecule has 21 heteroatoms. The lowest BCUT2D eigenvalue weighted by Gasteiger charge is -2.22. The third-order valence-electron chi connectivity index (χ3n) is 6.96. The van der Waals surface area contributed by atoms with Gasteiger partial charge in [-0.15, -0.1) is 23.2 Å². The number of alkyl halides is 11. The lowest BCUT2D eigenvalue weighted by atomic mass is 10.0. The van der Waals surface area contributed by atoms with Crippen LogP contribution in [0.25, 0.3) is 0 Å². The molecular weight excluding hydrogens is 761 g/mol. The van der Waals surface area contributed by atoms with E-state index in [9.17, 15) is 67.1 Å². The molecule has 4 rings (SSSR count). The van der Waals surface area contributed by atoms with E-state index in [0.29, 0.717) is 24.3 Å². The molecule has 1 unspecified atom stereocenters. The van der Waals surface area contributed by atoms with Gasteiger partial charge in [-0.1, -0.05) is 17.7 Å². The quantitative estimate of drug-likeness (QED) is 0.158. The first-order valence-electron chi connectivity index (χ1n) is 12.9. The van der Waals surface area contributed by atoms with Gasteiger partial charge < -0.3 is 16.0 Å². The Kier molecular flexibility index (Phi) is 10.1. The zero-order valence-corrected chi connectivity index (χ0v) is 25.5. The summed E-state index contributed by atoms with van der Waals surface area (Å²) >= 11 is 18.3. The zero-order valence-electron chi connectivity index (χ0n) is 23.2. The first-order chi connectivity index (χ1) is 22.4. The van der Waals surface area contributed by atoms with Crippen molar-refractivity contribution in [3.8, 4) is 0 Å². The van der Waals surface area contributed by atoms with Crippen LogP contribution in [-0.4, -0.2) is 40.3 Å². The number of halogens is 15. The molecular formula is C28H14Cl3F12N3O3. The molecule has 3 aromatic carbocycles. The van der Waals surface area contributed by atoms with Crippen molar-refractivity contribution in [2.24, 2.45) is 5.92 Å². The number of nitrogens with one attached hydrogen (secondary N) is 3. The van der Waals surface area contributed by atoms with Crippen LogP contribution in [0, 0.1) is 23.4 Å². The Balaban J connectivity index is 1.52. The maximum Gasteiger partial charge on any atom is 0.426 e. The third-order valence-corrected chi connectivity index (χ3v) is 8.23. The molecule has 1 aliphatic rings. The van der Waals surface area contributed by atoms with E-state index < -0.39 is 98.3 Å². The summed E-state index contributed by atoms with van der Waals surface area (Å²) in [6.07, 6.45) is -16.3. The maximum atomic E-state index is 15.0. The molecule has 0 aromatic heterocycles. The Hall–Kier alpha value is -3.90. The van der Waals surface area contributed by atoms with Crippen molar-refractivity contribution in [3.63, 3.8) is 0 Å². The Morgan fingerprint density at radius 1 is 0.796 bits per heavy atom. The van der Waals surface area contributed by atoms with Crippen LogP contribution in [0.15, 0.2) is 48.5 Å². The van der Waals surface area contributed by atoms with Crippen molar-refractivity contribution < 1.29 is 67.1 Å². The Morgan fingerprint density at radius 2 is 1.41 bits per heavy atom. The molecule has 0 spiro atoms. The van der Waals surface area contributed by atoms with Crippen molar-refractivity contribution in [1.82, 2.24) is 0 Å². The number of hydrogen-bond acceptors (Lipinski definition) is 3. The molecule has 49 heavy (non-hydrogen) atoms. The molecule has 0 aliphatic heterocycles. The lowest BCUT2D eigenvalue weighted by molar-refractivity contribution is -0.238. The van der Waals surface area contributed by atoms with Gasteiger partial charge in [0.05, 0.1) is 27.8 Å². The molecule has 1 aliphatic carbocycles. The fourth-order valence-electron chi connectivity index (χ4n) is 4.49. The molecule has 3 atom stereocenters. The van der Waals surface area contributed by atoms with E-state index in [4.69, 9.17) is 34.8 Å². The van der Waals surface area contributed by atoms with Crippen LogP contribution in [0.2, 0.25) is 5.02 Å². The van der Waals surface area contributed by atoms with Gasteiger partial charge in [0.1, 0.15) is 21.7 Å². The van der Waals surface area contributed by atoms with Gasteiger partial charge in [-0.25, -0.2) is 17.6 Å². The van der Waals surface area contributed by atoms with Crippen LogP contribution in [0.3, 0.4) is 0 Å². The van der Waals surface area contributed by atoms with Gasteiger partial charge in [0.2, 0.25) is 5.91 Å². The summed E-state index contributed by atoms with van der Waals surface area (Å²) in [6, 6.07) is 5.77. The Labute approximate surface area is 280 Å². The van der Waals surface area contributed by atoms with Gasteiger partial charge in [0.15, 0.2) is 5.82 Å². The average molecular weight is 775 g/mol. The largest absolute Gasteiger partial charge is 0.426 e. The summed E-state index contributed by atoms with van der Waals surface area (Å²) in [5.74, 6) is -19.2. The van der Waals surface area contributed by atoms with E-state index in [2.05, 4.69) is 5.32 Å². The SMILES string of the molecule is O=C(Nc1ccc(F)c(NC(=O)C(F)(F)C(F)C(F)(F)F)c1F)c1cc(NC(=O)[C@H]2[C@H](c3ccc(F)c(C(F)(F)F)c3)C2(Cl)Cl)ccc1Cl. The predicted molar refractivity (Wildman–Crippen MR) is 151 cm³/mol. The lowest BCUT2D eigenvalue weighted by Crippen LogP contribution is -2.49. The maximum absolute atomic E-state index is 15.0. The first-order valence-corrected chi connectivity index (χ1v) is 14.1. The van der Waals surface area contributed by atoms with E-state index in [1.165, 1.54) is 0 Å². The van der Waals surface area contributed by atoms with Crippen molar-refractivity contribution in [2.45, 2.75) is 34.7 Å². The Morgan fingerprint density at radius 3 is 2.00 bits per heavy atom. The minimum atomic E-state index is -6.22. The van der Waals surface area contributed by atoms with Gasteiger partial charge in [0, 0.05) is 11.6 Å². The van der Waals surface area contributed by atoms with Crippen LogP contribution >= 0.6 is 34.8 Å². The van der Waals surface area contributed by atoms with Crippen molar-refractivity contribution in [1.29, 1.82) is 0 Å². The van der Waals surface area contributed by atoms with Crippen LogP contribution < -0.4 is 16.0 Å². The predicted octanol–water partition coefficient (Wildman–Crippen LogP) is 9.03. The van der Waals surface area contributed by atoms with E-state index in [-0.39, 0.29) is 16.3 Å². The molecule has 0 heterocycles. The minimum absolute atomic E-state index is 0.218. The van der Waals surface area contributed by atoms with Crippen LogP contribution in [-0.2, 0) is 15.8 Å². The summed E-state index contributed by atoms with van der Waals surface area (Å²) in [6.45, 7) is 0. The molecule has 0 radical (unpaired) electrons. The van der Waals surface area contributed by atoms with Crippen molar-refractivity contribution >= 4 is 69.6 Å². The molecule has 0 bridgehead atoms. The molecule has 6 nitrogen and oxygen atoms in total. The zero-order chi connectivity index (χ0) is 37.0. The summed E-state index contributed by atoms with van der Waals surface area (Å²) in [4.78, 5) is 37.6. The molecule has 1 fully saturated rings. The molecule has 3 N–H and O–H groups in total. The van der Waals surface area contributed by atoms with Gasteiger partial charge >= 0.3 is 18.3 Å². The number of carbonyl (C=O) groups is 3. The van der Waals surface area contributed by atoms with Crippen LogP contribution in [0.1, 0.15) is 27.4 Å². The van der Waals surface area contributed by atoms with E-state index in [0.717, 1.165) is 29.6 Å². The summed E-state index contributed by atoms with van der Waals surface area (Å²) in [7, 11) is 0. The molecule has 0 saturated heterocycles. The number of carbonyl (C=O) groups excluding carboxylic acids is 3. The topological polar surface area (TPSA) is 87.3 Å². The molecule has 264 valence electrons. The fraction of sp³-hybridized carbons (Fsp3) is 0.250. The number of amides is 3. The number of anilines is 3. The van der Waals surface area contributed by atoms with E-state index >= 15 is 0 Å². The summed E-state index contributed by atoms with van der Waals surface area (Å²) in [5, 5.41) is 4.58. The molecule has 1 saturated carbocycles. The standard InChI is InChI=1S/C28H14Cl3F12N3O3/c29-13-3-2-10(44-22(48)18-17(25(18,30)31)9-1-4-14(32)12(7-9)27(38,39)40)8-11(13)21(47)45-16-6-5-15(33)20(19(16)34)46-24(49)26(36,37)23(35)28(41,42)43/h1-8,17-18,23H,(H,44,48)(H,45,47)(H,46,49)/t17-,18+,23?/m0/s1. The van der Waals surface area contributed by atoms with Gasteiger partial charge in [0.25, 0.3) is 18.0 Å². The monoisotopic (exact) mass is 773 g/mol. The highest BCUT2D eigenvalue weighted by Crippen LogP contribution is 2.65. The first kappa shape index (κ1) is 37.9.